The lowest BCUT2D eigenvalue weighted by Gasteiger charge is -2.21. The number of ether oxygens (including phenoxy) is 2. The van der Waals surface area contributed by atoms with E-state index in [2.05, 4.69) is 4.74 Å². The van der Waals surface area contributed by atoms with Crippen LogP contribution >= 0.6 is 0 Å². The summed E-state index contributed by atoms with van der Waals surface area (Å²) in [5.41, 5.74) is 0.278. The molecule has 32 heavy (non-hydrogen) atoms. The lowest BCUT2D eigenvalue weighted by atomic mass is 10.1. The lowest BCUT2D eigenvalue weighted by molar-refractivity contribution is -0.385. The van der Waals surface area contributed by atoms with Crippen molar-refractivity contribution in [2.45, 2.75) is 32.1 Å². The number of aldehydes is 1. The quantitative estimate of drug-likeness (QED) is 0.152. The van der Waals surface area contributed by atoms with Crippen LogP contribution in [0.5, 0.6) is 5.75 Å². The Morgan fingerprint density at radius 3 is 2.41 bits per heavy atom. The van der Waals surface area contributed by atoms with Crippen molar-refractivity contribution in [1.82, 2.24) is 0 Å². The van der Waals surface area contributed by atoms with E-state index in [0.29, 0.717) is 31.4 Å². The SMILES string of the molecule is COC(=O)CN(C(=O)CCCCCCOc1cccc([N+](=O)[O-])c1C=O)c1ccccc1. The fourth-order valence-corrected chi connectivity index (χ4v) is 3.11. The topological polar surface area (TPSA) is 116 Å². The molecule has 0 aromatic heterocycles. The van der Waals surface area contributed by atoms with Crippen LogP contribution in [0.3, 0.4) is 0 Å². The van der Waals surface area contributed by atoms with Gasteiger partial charge in [-0.25, -0.2) is 0 Å². The third-order valence-corrected chi connectivity index (χ3v) is 4.78. The van der Waals surface area contributed by atoms with Crippen molar-refractivity contribution < 1.29 is 28.8 Å². The molecule has 0 spiro atoms. The molecule has 2 aromatic rings. The maximum atomic E-state index is 12.6. The first-order valence-corrected chi connectivity index (χ1v) is 10.3. The van der Waals surface area contributed by atoms with E-state index in [9.17, 15) is 24.5 Å². The molecule has 0 saturated heterocycles. The molecule has 0 atom stereocenters. The number of benzene rings is 2. The fraction of sp³-hybridized carbons (Fsp3) is 0.348. The molecule has 170 valence electrons. The molecule has 0 fully saturated rings. The van der Waals surface area contributed by atoms with Crippen LogP contribution in [0.25, 0.3) is 0 Å². The van der Waals surface area contributed by atoms with Crippen LogP contribution in [-0.4, -0.2) is 43.3 Å². The van der Waals surface area contributed by atoms with Crippen molar-refractivity contribution >= 4 is 29.5 Å². The van der Waals surface area contributed by atoms with Crippen LogP contribution in [-0.2, 0) is 14.3 Å². The molecule has 0 radical (unpaired) electrons. The van der Waals surface area contributed by atoms with Gasteiger partial charge in [-0.05, 0) is 31.0 Å². The first-order chi connectivity index (χ1) is 15.5. The zero-order chi connectivity index (χ0) is 23.3. The summed E-state index contributed by atoms with van der Waals surface area (Å²) in [7, 11) is 1.28. The Morgan fingerprint density at radius 2 is 1.75 bits per heavy atom. The second kappa shape index (κ2) is 12.8. The van der Waals surface area contributed by atoms with E-state index in [1.807, 2.05) is 6.07 Å². The minimum atomic E-state index is -0.619. The third-order valence-electron chi connectivity index (χ3n) is 4.78. The van der Waals surface area contributed by atoms with Crippen LogP contribution in [0.2, 0.25) is 0 Å². The number of nitro groups is 1. The van der Waals surface area contributed by atoms with Crippen LogP contribution < -0.4 is 9.64 Å². The Hall–Kier alpha value is -3.75. The molecule has 0 aliphatic heterocycles. The van der Waals surface area contributed by atoms with Crippen LogP contribution in [0.1, 0.15) is 42.5 Å². The average molecular weight is 442 g/mol. The first kappa shape index (κ1) is 24.5. The summed E-state index contributed by atoms with van der Waals surface area (Å²) in [5, 5.41) is 11.0. The number of esters is 1. The number of nitro benzene ring substituents is 1. The highest BCUT2D eigenvalue weighted by Crippen LogP contribution is 2.26. The highest BCUT2D eigenvalue weighted by molar-refractivity contribution is 5.97. The Morgan fingerprint density at radius 1 is 1.03 bits per heavy atom. The number of carbonyl (C=O) groups is 3. The van der Waals surface area contributed by atoms with Gasteiger partial charge in [-0.15, -0.1) is 0 Å². The van der Waals surface area contributed by atoms with Gasteiger partial charge in [0.05, 0.1) is 18.6 Å². The molecule has 0 aliphatic rings. The molecule has 0 aliphatic carbocycles. The molecule has 2 rings (SSSR count). The highest BCUT2D eigenvalue weighted by Gasteiger charge is 2.19. The molecular weight excluding hydrogens is 416 g/mol. The fourth-order valence-electron chi connectivity index (χ4n) is 3.11. The molecule has 0 saturated carbocycles. The minimum absolute atomic E-state index is 0.0743. The van der Waals surface area contributed by atoms with Crippen molar-refractivity contribution in [3.63, 3.8) is 0 Å². The van der Waals surface area contributed by atoms with Crippen LogP contribution in [0.4, 0.5) is 11.4 Å². The second-order valence-electron chi connectivity index (χ2n) is 6.97. The van der Waals surface area contributed by atoms with Gasteiger partial charge >= 0.3 is 5.97 Å². The standard InChI is InChI=1S/C23H26N2O7/c1-31-23(28)16-24(18-10-5-4-6-11-18)22(27)14-7-2-3-8-15-32-21-13-9-12-20(25(29)30)19(21)17-26/h4-6,9-13,17H,2-3,7-8,14-16H2,1H3. The number of hydrogen-bond acceptors (Lipinski definition) is 7. The third kappa shape index (κ3) is 7.19. The first-order valence-electron chi connectivity index (χ1n) is 10.3. The Kier molecular flexibility index (Phi) is 9.83. The maximum Gasteiger partial charge on any atom is 0.325 e. The number of hydrogen-bond donors (Lipinski definition) is 0. The predicted molar refractivity (Wildman–Crippen MR) is 118 cm³/mol. The number of unbranched alkanes of at least 4 members (excludes halogenated alkanes) is 3. The summed E-state index contributed by atoms with van der Waals surface area (Å²) < 4.78 is 10.2. The van der Waals surface area contributed by atoms with E-state index in [0.717, 1.165) is 12.8 Å². The molecule has 2 aromatic carbocycles. The smallest absolute Gasteiger partial charge is 0.325 e. The summed E-state index contributed by atoms with van der Waals surface area (Å²) in [5.74, 6) is -0.467. The summed E-state index contributed by atoms with van der Waals surface area (Å²) in [6, 6.07) is 13.2. The Balaban J connectivity index is 1.77. The number of anilines is 1. The van der Waals surface area contributed by atoms with E-state index < -0.39 is 10.9 Å². The van der Waals surface area contributed by atoms with Crippen molar-refractivity contribution in [2.24, 2.45) is 0 Å². The molecule has 0 N–H and O–H groups in total. The number of rotatable bonds is 13. The van der Waals surface area contributed by atoms with E-state index in [-0.39, 0.29) is 35.9 Å². The van der Waals surface area contributed by atoms with Crippen LogP contribution in [0.15, 0.2) is 48.5 Å². The van der Waals surface area contributed by atoms with E-state index in [1.165, 1.54) is 30.2 Å². The minimum Gasteiger partial charge on any atom is -0.493 e. The summed E-state index contributed by atoms with van der Waals surface area (Å²) in [4.78, 5) is 47.3. The molecule has 9 heteroatoms. The second-order valence-corrected chi connectivity index (χ2v) is 6.97. The Labute approximate surface area is 186 Å². The van der Waals surface area contributed by atoms with Gasteiger partial charge in [-0.2, -0.15) is 0 Å². The van der Waals surface area contributed by atoms with E-state index >= 15 is 0 Å². The summed E-state index contributed by atoms with van der Waals surface area (Å²) >= 11 is 0. The van der Waals surface area contributed by atoms with E-state index in [4.69, 9.17) is 4.74 Å². The zero-order valence-electron chi connectivity index (χ0n) is 17.9. The molecule has 0 heterocycles. The maximum absolute atomic E-state index is 12.6. The van der Waals surface area contributed by atoms with Crippen molar-refractivity contribution in [1.29, 1.82) is 0 Å². The molecule has 0 unspecified atom stereocenters. The van der Waals surface area contributed by atoms with Gasteiger partial charge in [-0.1, -0.05) is 37.1 Å². The normalized spacial score (nSPS) is 10.3. The molecule has 0 bridgehead atoms. The van der Waals surface area contributed by atoms with Crippen molar-refractivity contribution in [3.8, 4) is 5.75 Å². The summed E-state index contributed by atoms with van der Waals surface area (Å²) in [6.07, 6.45) is 3.56. The largest absolute Gasteiger partial charge is 0.493 e. The van der Waals surface area contributed by atoms with Gasteiger partial charge in [0.15, 0.2) is 6.29 Å². The molecular formula is C23H26N2O7. The molecule has 1 amide bonds. The molecule has 9 nitrogen and oxygen atoms in total. The van der Waals surface area contributed by atoms with Gasteiger partial charge in [0.2, 0.25) is 5.91 Å². The number of para-hydroxylation sites is 1. The highest BCUT2D eigenvalue weighted by atomic mass is 16.6. The van der Waals surface area contributed by atoms with E-state index in [1.54, 1.807) is 24.3 Å². The number of nitrogens with zero attached hydrogens (tertiary/aromatic N) is 2. The zero-order valence-corrected chi connectivity index (χ0v) is 17.9. The van der Waals surface area contributed by atoms with Gasteiger partial charge in [0, 0.05) is 18.2 Å². The summed E-state index contributed by atoms with van der Waals surface area (Å²) in [6.45, 7) is 0.157. The van der Waals surface area contributed by atoms with Crippen molar-refractivity contribution in [3.05, 3.63) is 64.2 Å². The van der Waals surface area contributed by atoms with Crippen LogP contribution in [0, 0.1) is 10.1 Å². The number of carbonyl (C=O) groups excluding carboxylic acids is 3. The lowest BCUT2D eigenvalue weighted by Crippen LogP contribution is -2.36. The van der Waals surface area contributed by atoms with Gasteiger partial charge in [0.25, 0.3) is 5.69 Å². The van der Waals surface area contributed by atoms with Gasteiger partial charge in [0.1, 0.15) is 17.9 Å². The number of amides is 1. The monoisotopic (exact) mass is 442 g/mol. The van der Waals surface area contributed by atoms with Crippen molar-refractivity contribution in [2.75, 3.05) is 25.2 Å². The Bertz CT molecular complexity index is 931. The predicted octanol–water partition coefficient (Wildman–Crippen LogP) is 3.94. The number of methoxy groups -OCH3 is 1. The average Bonchev–Trinajstić information content (AvgIpc) is 2.81. The van der Waals surface area contributed by atoms with Gasteiger partial charge in [-0.3, -0.25) is 24.5 Å². The van der Waals surface area contributed by atoms with Gasteiger partial charge < -0.3 is 14.4 Å².